The number of rotatable bonds is 9. The molecular formula is C12H25N3O. The van der Waals surface area contributed by atoms with E-state index in [1.807, 2.05) is 0 Å². The van der Waals surface area contributed by atoms with Crippen LogP contribution in [0.2, 0.25) is 0 Å². The molecule has 4 nitrogen and oxygen atoms in total. The molecule has 94 valence electrons. The van der Waals surface area contributed by atoms with Gasteiger partial charge in [0.15, 0.2) is 0 Å². The van der Waals surface area contributed by atoms with Gasteiger partial charge < -0.3 is 10.1 Å². The molecule has 0 spiro atoms. The van der Waals surface area contributed by atoms with Gasteiger partial charge in [0.1, 0.15) is 6.04 Å². The fourth-order valence-corrected chi connectivity index (χ4v) is 1.47. The number of nitrogens with one attached hydrogen (secondary N) is 1. The molecule has 1 unspecified atom stereocenters. The van der Waals surface area contributed by atoms with E-state index in [4.69, 9.17) is 10.00 Å². The van der Waals surface area contributed by atoms with Crippen LogP contribution in [0.5, 0.6) is 0 Å². The van der Waals surface area contributed by atoms with Gasteiger partial charge in [0.2, 0.25) is 0 Å². The highest BCUT2D eigenvalue weighted by atomic mass is 16.5. The number of methoxy groups -OCH3 is 1. The van der Waals surface area contributed by atoms with Crippen molar-refractivity contribution in [3.63, 3.8) is 0 Å². The maximum Gasteiger partial charge on any atom is 0.108 e. The van der Waals surface area contributed by atoms with Crippen LogP contribution in [-0.4, -0.2) is 50.3 Å². The normalized spacial score (nSPS) is 13.1. The molecule has 0 heterocycles. The summed E-state index contributed by atoms with van der Waals surface area (Å²) >= 11 is 0. The summed E-state index contributed by atoms with van der Waals surface area (Å²) < 4.78 is 5.07. The van der Waals surface area contributed by atoms with Crippen molar-refractivity contribution in [2.75, 3.05) is 33.4 Å². The molecule has 4 heteroatoms. The van der Waals surface area contributed by atoms with E-state index >= 15 is 0 Å². The van der Waals surface area contributed by atoms with Crippen LogP contribution in [0.3, 0.4) is 0 Å². The van der Waals surface area contributed by atoms with Crippen LogP contribution in [0, 0.1) is 11.3 Å². The van der Waals surface area contributed by atoms with Gasteiger partial charge in [-0.25, -0.2) is 0 Å². The van der Waals surface area contributed by atoms with Crippen molar-refractivity contribution >= 4 is 0 Å². The van der Waals surface area contributed by atoms with E-state index in [2.05, 4.69) is 37.1 Å². The minimum Gasteiger partial charge on any atom is -0.383 e. The Morgan fingerprint density at radius 3 is 2.56 bits per heavy atom. The van der Waals surface area contributed by atoms with E-state index < -0.39 is 0 Å². The van der Waals surface area contributed by atoms with Gasteiger partial charge in [-0.2, -0.15) is 5.26 Å². The average molecular weight is 227 g/mol. The van der Waals surface area contributed by atoms with Gasteiger partial charge in [-0.1, -0.05) is 6.92 Å². The van der Waals surface area contributed by atoms with Crippen molar-refractivity contribution in [3.8, 4) is 6.07 Å². The highest BCUT2D eigenvalue weighted by molar-refractivity contribution is 4.92. The molecule has 0 aromatic carbocycles. The van der Waals surface area contributed by atoms with Crippen molar-refractivity contribution in [2.24, 2.45) is 0 Å². The topological polar surface area (TPSA) is 48.3 Å². The highest BCUT2D eigenvalue weighted by Crippen LogP contribution is 2.00. The molecule has 0 saturated heterocycles. The lowest BCUT2D eigenvalue weighted by molar-refractivity contribution is 0.125. The smallest absolute Gasteiger partial charge is 0.108 e. The Kier molecular flexibility index (Phi) is 9.21. The van der Waals surface area contributed by atoms with Crippen molar-refractivity contribution in [1.82, 2.24) is 10.2 Å². The molecule has 0 amide bonds. The zero-order chi connectivity index (χ0) is 12.4. The third-order valence-corrected chi connectivity index (χ3v) is 2.53. The van der Waals surface area contributed by atoms with Crippen molar-refractivity contribution in [2.45, 2.75) is 39.3 Å². The molecule has 0 aromatic heterocycles. The zero-order valence-electron chi connectivity index (χ0n) is 11.0. The molecule has 0 aliphatic rings. The van der Waals surface area contributed by atoms with Crippen LogP contribution in [0.15, 0.2) is 0 Å². The zero-order valence-corrected chi connectivity index (χ0v) is 11.0. The highest BCUT2D eigenvalue weighted by Gasteiger charge is 2.15. The van der Waals surface area contributed by atoms with Gasteiger partial charge in [-0.15, -0.1) is 0 Å². The maximum absolute atomic E-state index is 9.04. The lowest BCUT2D eigenvalue weighted by Crippen LogP contribution is -2.44. The number of hydrogen-bond acceptors (Lipinski definition) is 4. The Labute approximate surface area is 99.6 Å². The Bertz CT molecular complexity index is 201. The Balaban J connectivity index is 4.08. The summed E-state index contributed by atoms with van der Waals surface area (Å²) in [6.07, 6.45) is 1.05. The number of nitriles is 1. The van der Waals surface area contributed by atoms with Crippen LogP contribution in [0.25, 0.3) is 0 Å². The number of nitrogens with zero attached hydrogens (tertiary/aromatic N) is 2. The van der Waals surface area contributed by atoms with E-state index in [0.29, 0.717) is 12.6 Å². The van der Waals surface area contributed by atoms with Gasteiger partial charge in [0, 0.05) is 26.2 Å². The molecule has 0 fully saturated rings. The molecule has 1 atom stereocenters. The summed E-state index contributed by atoms with van der Waals surface area (Å²) in [5.41, 5.74) is 0. The van der Waals surface area contributed by atoms with Gasteiger partial charge >= 0.3 is 0 Å². The van der Waals surface area contributed by atoms with Crippen LogP contribution < -0.4 is 5.32 Å². The van der Waals surface area contributed by atoms with E-state index in [1.54, 1.807) is 7.11 Å². The fraction of sp³-hybridized carbons (Fsp3) is 0.917. The minimum absolute atomic E-state index is 0.0841. The van der Waals surface area contributed by atoms with Gasteiger partial charge in [-0.05, 0) is 26.8 Å². The molecule has 0 rings (SSSR count). The standard InChI is InChI=1S/C12H25N3O/c1-5-6-14-12(9-13)10-15(11(2)3)7-8-16-4/h11-12,14H,5-8,10H2,1-4H3. The summed E-state index contributed by atoms with van der Waals surface area (Å²) in [5, 5.41) is 12.3. The van der Waals surface area contributed by atoms with Crippen LogP contribution >= 0.6 is 0 Å². The first kappa shape index (κ1) is 15.4. The predicted molar refractivity (Wildman–Crippen MR) is 66.3 cm³/mol. The monoisotopic (exact) mass is 227 g/mol. The van der Waals surface area contributed by atoms with Crippen LogP contribution in [0.4, 0.5) is 0 Å². The third kappa shape index (κ3) is 6.78. The molecule has 0 aromatic rings. The van der Waals surface area contributed by atoms with Crippen LogP contribution in [0.1, 0.15) is 27.2 Å². The second-order valence-electron chi connectivity index (χ2n) is 4.22. The Hall–Kier alpha value is -0.630. The first-order valence-electron chi connectivity index (χ1n) is 6.01. The van der Waals surface area contributed by atoms with E-state index in [-0.39, 0.29) is 6.04 Å². The average Bonchev–Trinajstić information content (AvgIpc) is 2.28. The first-order valence-corrected chi connectivity index (χ1v) is 6.01. The summed E-state index contributed by atoms with van der Waals surface area (Å²) in [4.78, 5) is 2.26. The summed E-state index contributed by atoms with van der Waals surface area (Å²) in [7, 11) is 1.70. The largest absolute Gasteiger partial charge is 0.383 e. The van der Waals surface area contributed by atoms with E-state index in [0.717, 1.165) is 26.1 Å². The van der Waals surface area contributed by atoms with Gasteiger partial charge in [0.05, 0.1) is 12.7 Å². The Morgan fingerprint density at radius 1 is 1.44 bits per heavy atom. The van der Waals surface area contributed by atoms with Crippen molar-refractivity contribution < 1.29 is 4.74 Å². The summed E-state index contributed by atoms with van der Waals surface area (Å²) in [5.74, 6) is 0. The van der Waals surface area contributed by atoms with Crippen molar-refractivity contribution in [1.29, 1.82) is 5.26 Å². The van der Waals surface area contributed by atoms with E-state index in [9.17, 15) is 0 Å². The summed E-state index contributed by atoms with van der Waals surface area (Å²) in [6.45, 7) is 9.64. The Morgan fingerprint density at radius 2 is 2.12 bits per heavy atom. The van der Waals surface area contributed by atoms with Crippen LogP contribution in [-0.2, 0) is 4.74 Å². The van der Waals surface area contributed by atoms with Gasteiger partial charge in [0.25, 0.3) is 0 Å². The molecule has 0 aliphatic carbocycles. The second-order valence-corrected chi connectivity index (χ2v) is 4.22. The second kappa shape index (κ2) is 9.59. The van der Waals surface area contributed by atoms with E-state index in [1.165, 1.54) is 0 Å². The lowest BCUT2D eigenvalue weighted by atomic mass is 10.2. The quantitative estimate of drug-likeness (QED) is 0.644. The SMILES string of the molecule is CCCNC(C#N)CN(CCOC)C(C)C. The first-order chi connectivity index (χ1) is 7.65. The minimum atomic E-state index is -0.0841. The maximum atomic E-state index is 9.04. The van der Waals surface area contributed by atoms with Gasteiger partial charge in [-0.3, -0.25) is 4.90 Å². The number of hydrogen-bond donors (Lipinski definition) is 1. The van der Waals surface area contributed by atoms with Crippen molar-refractivity contribution in [3.05, 3.63) is 0 Å². The molecule has 0 aliphatic heterocycles. The third-order valence-electron chi connectivity index (χ3n) is 2.53. The number of ether oxygens (including phenoxy) is 1. The molecule has 0 radical (unpaired) electrons. The molecular weight excluding hydrogens is 202 g/mol. The molecule has 0 saturated carbocycles. The lowest BCUT2D eigenvalue weighted by Gasteiger charge is -2.28. The fourth-order valence-electron chi connectivity index (χ4n) is 1.47. The summed E-state index contributed by atoms with van der Waals surface area (Å²) in [6, 6.07) is 2.66. The molecule has 1 N–H and O–H groups in total. The molecule has 0 bridgehead atoms. The predicted octanol–water partition coefficient (Wildman–Crippen LogP) is 1.23. The molecule has 16 heavy (non-hydrogen) atoms.